The predicted octanol–water partition coefficient (Wildman–Crippen LogP) is 3.62. The van der Waals surface area contributed by atoms with Crippen LogP contribution in [0.25, 0.3) is 0 Å². The van der Waals surface area contributed by atoms with Crippen molar-refractivity contribution in [2.24, 2.45) is 0 Å². The van der Waals surface area contributed by atoms with E-state index in [1.807, 2.05) is 12.1 Å². The zero-order valence-electron chi connectivity index (χ0n) is 11.8. The molecule has 1 aromatic carbocycles. The van der Waals surface area contributed by atoms with Crippen LogP contribution in [0.3, 0.4) is 0 Å². The van der Waals surface area contributed by atoms with Gasteiger partial charge in [0.2, 0.25) is 5.91 Å². The van der Waals surface area contributed by atoms with Gasteiger partial charge in [-0.25, -0.2) is 0 Å². The highest BCUT2D eigenvalue weighted by atomic mass is 32.1. The molecule has 108 valence electrons. The lowest BCUT2D eigenvalue weighted by Gasteiger charge is -2.27. The van der Waals surface area contributed by atoms with Gasteiger partial charge in [0.1, 0.15) is 0 Å². The molecule has 1 N–H and O–H groups in total. The van der Waals surface area contributed by atoms with Crippen molar-refractivity contribution >= 4 is 22.9 Å². The molecule has 2 unspecified atom stereocenters. The van der Waals surface area contributed by atoms with E-state index in [-0.39, 0.29) is 17.9 Å². The Bertz CT molecular complexity index is 653. The van der Waals surface area contributed by atoms with Gasteiger partial charge in [0.15, 0.2) is 0 Å². The topological polar surface area (TPSA) is 32.3 Å². The lowest BCUT2D eigenvalue weighted by Crippen LogP contribution is -2.35. The van der Waals surface area contributed by atoms with Crippen molar-refractivity contribution in [1.82, 2.24) is 4.90 Å². The zero-order valence-corrected chi connectivity index (χ0v) is 12.6. The van der Waals surface area contributed by atoms with E-state index in [0.717, 1.165) is 37.2 Å². The van der Waals surface area contributed by atoms with Crippen LogP contribution < -0.4 is 5.32 Å². The normalized spacial score (nSPS) is 23.9. The second kappa shape index (κ2) is 5.19. The Morgan fingerprint density at radius 3 is 3.05 bits per heavy atom. The summed E-state index contributed by atoms with van der Waals surface area (Å²) in [5, 5.41) is 7.64. The average Bonchev–Trinajstić information content (AvgIpc) is 3.25. The van der Waals surface area contributed by atoms with E-state index in [1.54, 1.807) is 11.3 Å². The maximum Gasteiger partial charge on any atom is 0.232 e. The molecule has 0 radical (unpaired) electrons. The first-order valence-electron chi connectivity index (χ1n) is 7.50. The number of hydrogen-bond acceptors (Lipinski definition) is 3. The van der Waals surface area contributed by atoms with Crippen LogP contribution in [0.1, 0.15) is 35.9 Å². The Balaban J connectivity index is 1.61. The van der Waals surface area contributed by atoms with Crippen LogP contribution in [0.15, 0.2) is 41.1 Å². The molecule has 0 aliphatic carbocycles. The van der Waals surface area contributed by atoms with Gasteiger partial charge in [-0.15, -0.1) is 0 Å². The summed E-state index contributed by atoms with van der Waals surface area (Å²) in [4.78, 5) is 15.1. The number of carbonyl (C=O) groups is 1. The van der Waals surface area contributed by atoms with Crippen molar-refractivity contribution < 1.29 is 4.79 Å². The lowest BCUT2D eigenvalue weighted by atomic mass is 9.99. The number of anilines is 1. The molecule has 4 rings (SSSR count). The minimum atomic E-state index is -0.0274. The molecule has 2 aliphatic rings. The van der Waals surface area contributed by atoms with Gasteiger partial charge in [-0.1, -0.05) is 18.2 Å². The van der Waals surface area contributed by atoms with E-state index in [4.69, 9.17) is 0 Å². The molecule has 4 heteroatoms. The van der Waals surface area contributed by atoms with Crippen molar-refractivity contribution in [3.8, 4) is 0 Å². The van der Waals surface area contributed by atoms with Gasteiger partial charge in [0, 0.05) is 18.8 Å². The van der Waals surface area contributed by atoms with Gasteiger partial charge in [0.25, 0.3) is 0 Å². The van der Waals surface area contributed by atoms with Gasteiger partial charge >= 0.3 is 0 Å². The molecule has 1 saturated heterocycles. The van der Waals surface area contributed by atoms with E-state index in [0.29, 0.717) is 0 Å². The third kappa shape index (κ3) is 2.14. The Morgan fingerprint density at radius 1 is 1.29 bits per heavy atom. The zero-order chi connectivity index (χ0) is 14.2. The summed E-state index contributed by atoms with van der Waals surface area (Å²) in [7, 11) is 0. The minimum absolute atomic E-state index is 0.0274. The molecule has 1 aromatic heterocycles. The standard InChI is InChI=1S/C17H18N2OS/c20-17(14-10-18-15-5-2-1-4-13(14)15)19-8-3-6-16(19)12-7-9-21-11-12/h1-2,4-5,7,9,11,14,16,18H,3,6,8,10H2. The number of para-hydroxylation sites is 1. The maximum atomic E-state index is 13.0. The first-order valence-corrected chi connectivity index (χ1v) is 8.44. The number of fused-ring (bicyclic) bond motifs is 1. The molecule has 3 heterocycles. The summed E-state index contributed by atoms with van der Waals surface area (Å²) in [6.45, 7) is 1.61. The fraction of sp³-hybridized carbons (Fsp3) is 0.353. The maximum absolute atomic E-state index is 13.0. The SMILES string of the molecule is O=C(C1CNc2ccccc21)N1CCCC1c1ccsc1. The van der Waals surface area contributed by atoms with Crippen LogP contribution in [0, 0.1) is 0 Å². The largest absolute Gasteiger partial charge is 0.384 e. The quantitative estimate of drug-likeness (QED) is 0.918. The number of rotatable bonds is 2. The average molecular weight is 298 g/mol. The molecule has 21 heavy (non-hydrogen) atoms. The number of likely N-dealkylation sites (tertiary alicyclic amines) is 1. The lowest BCUT2D eigenvalue weighted by molar-refractivity contribution is -0.133. The summed E-state index contributed by atoms with van der Waals surface area (Å²) in [5.74, 6) is 0.251. The van der Waals surface area contributed by atoms with Crippen LogP contribution in [-0.2, 0) is 4.79 Å². The number of nitrogens with zero attached hydrogens (tertiary/aromatic N) is 1. The van der Waals surface area contributed by atoms with Crippen LogP contribution >= 0.6 is 11.3 Å². The highest BCUT2D eigenvalue weighted by molar-refractivity contribution is 7.07. The molecule has 2 aliphatic heterocycles. The highest BCUT2D eigenvalue weighted by Crippen LogP contribution is 2.38. The fourth-order valence-corrected chi connectivity index (χ4v) is 4.25. The number of carbonyl (C=O) groups excluding carboxylic acids is 1. The van der Waals surface area contributed by atoms with Crippen molar-refractivity contribution in [3.63, 3.8) is 0 Å². The molecule has 3 nitrogen and oxygen atoms in total. The molecular formula is C17H18N2OS. The number of amides is 1. The summed E-state index contributed by atoms with van der Waals surface area (Å²) >= 11 is 1.71. The second-order valence-electron chi connectivity index (χ2n) is 5.77. The van der Waals surface area contributed by atoms with Gasteiger partial charge in [-0.05, 0) is 46.9 Å². The molecule has 1 fully saturated rings. The van der Waals surface area contributed by atoms with Crippen LogP contribution in [0.2, 0.25) is 0 Å². The first-order chi connectivity index (χ1) is 10.3. The van der Waals surface area contributed by atoms with Crippen LogP contribution in [-0.4, -0.2) is 23.9 Å². The van der Waals surface area contributed by atoms with Crippen molar-refractivity contribution in [1.29, 1.82) is 0 Å². The van der Waals surface area contributed by atoms with Crippen molar-refractivity contribution in [2.45, 2.75) is 24.8 Å². The summed E-state index contributed by atoms with van der Waals surface area (Å²) < 4.78 is 0. The second-order valence-corrected chi connectivity index (χ2v) is 6.55. The summed E-state index contributed by atoms with van der Waals surface area (Å²) in [5.41, 5.74) is 3.56. The molecule has 2 aromatic rings. The first kappa shape index (κ1) is 12.9. The van der Waals surface area contributed by atoms with Crippen LogP contribution in [0.4, 0.5) is 5.69 Å². The third-order valence-electron chi connectivity index (χ3n) is 4.59. The fourth-order valence-electron chi connectivity index (χ4n) is 3.55. The minimum Gasteiger partial charge on any atom is -0.384 e. The summed E-state index contributed by atoms with van der Waals surface area (Å²) in [6, 6.07) is 10.6. The molecular weight excluding hydrogens is 280 g/mol. The highest BCUT2D eigenvalue weighted by Gasteiger charge is 2.37. The molecule has 0 spiro atoms. The van der Waals surface area contributed by atoms with Gasteiger partial charge in [-0.3, -0.25) is 4.79 Å². The third-order valence-corrected chi connectivity index (χ3v) is 5.30. The Labute approximate surface area is 128 Å². The van der Waals surface area contributed by atoms with Gasteiger partial charge in [-0.2, -0.15) is 11.3 Å². The number of benzene rings is 1. The van der Waals surface area contributed by atoms with Gasteiger partial charge in [0.05, 0.1) is 12.0 Å². The number of hydrogen-bond donors (Lipinski definition) is 1. The van der Waals surface area contributed by atoms with Gasteiger partial charge < -0.3 is 10.2 Å². The Hall–Kier alpha value is -1.81. The monoisotopic (exact) mass is 298 g/mol. The molecule has 0 bridgehead atoms. The van der Waals surface area contributed by atoms with E-state index >= 15 is 0 Å². The van der Waals surface area contributed by atoms with E-state index in [1.165, 1.54) is 5.56 Å². The van der Waals surface area contributed by atoms with Crippen molar-refractivity contribution in [2.75, 3.05) is 18.4 Å². The predicted molar refractivity (Wildman–Crippen MR) is 85.7 cm³/mol. The molecule has 2 atom stereocenters. The van der Waals surface area contributed by atoms with E-state index in [2.05, 4.69) is 39.2 Å². The smallest absolute Gasteiger partial charge is 0.232 e. The molecule has 0 saturated carbocycles. The van der Waals surface area contributed by atoms with Crippen molar-refractivity contribution in [3.05, 3.63) is 52.2 Å². The Kier molecular flexibility index (Phi) is 3.19. The van der Waals surface area contributed by atoms with E-state index in [9.17, 15) is 4.79 Å². The summed E-state index contributed by atoms with van der Waals surface area (Å²) in [6.07, 6.45) is 2.19. The number of nitrogens with one attached hydrogen (secondary N) is 1. The van der Waals surface area contributed by atoms with E-state index < -0.39 is 0 Å². The number of thiophene rings is 1. The molecule has 1 amide bonds. The van der Waals surface area contributed by atoms with Crippen LogP contribution in [0.5, 0.6) is 0 Å². The Morgan fingerprint density at radius 2 is 2.19 bits per heavy atom.